The largest absolute Gasteiger partial charge is 0.507 e. The molecule has 0 aliphatic heterocycles. The highest BCUT2D eigenvalue weighted by Crippen LogP contribution is 2.34. The SMILES string of the molecule is Cc1c(CO)cc2c(c1O)C(=O)C[C@H](O)C2. The highest BCUT2D eigenvalue weighted by atomic mass is 16.3. The molecule has 1 aliphatic rings. The minimum Gasteiger partial charge on any atom is -0.507 e. The maximum Gasteiger partial charge on any atom is 0.169 e. The number of aliphatic hydroxyl groups excluding tert-OH is 2. The van der Waals surface area contributed by atoms with Crippen molar-refractivity contribution >= 4 is 5.78 Å². The quantitative estimate of drug-likeness (QED) is 0.653. The Morgan fingerprint density at radius 3 is 2.75 bits per heavy atom. The van der Waals surface area contributed by atoms with Crippen LogP contribution in [-0.2, 0) is 13.0 Å². The summed E-state index contributed by atoms with van der Waals surface area (Å²) < 4.78 is 0. The number of rotatable bonds is 1. The van der Waals surface area contributed by atoms with Crippen molar-refractivity contribution in [1.82, 2.24) is 0 Å². The van der Waals surface area contributed by atoms with E-state index in [9.17, 15) is 15.0 Å². The van der Waals surface area contributed by atoms with Crippen LogP contribution in [0.2, 0.25) is 0 Å². The minimum absolute atomic E-state index is 0.0540. The Bertz CT molecular complexity index is 451. The number of carbonyl (C=O) groups is 1. The molecule has 0 unspecified atom stereocenters. The van der Waals surface area contributed by atoms with E-state index in [0.29, 0.717) is 28.7 Å². The topological polar surface area (TPSA) is 77.8 Å². The predicted molar refractivity (Wildman–Crippen MR) is 57.4 cm³/mol. The lowest BCUT2D eigenvalue weighted by Crippen LogP contribution is -2.24. The lowest BCUT2D eigenvalue weighted by atomic mass is 9.85. The average Bonchev–Trinajstić information content (AvgIpc) is 2.22. The molecule has 1 aromatic carbocycles. The van der Waals surface area contributed by atoms with Gasteiger partial charge in [-0.2, -0.15) is 0 Å². The standard InChI is InChI=1S/C12H14O4/c1-6-8(5-13)2-7-3-9(14)4-10(15)11(7)12(6)16/h2,9,13-14,16H,3-5H2,1H3/t9-/m1/s1. The van der Waals surface area contributed by atoms with Gasteiger partial charge in [-0.15, -0.1) is 0 Å². The molecule has 0 saturated heterocycles. The molecule has 0 bridgehead atoms. The molecule has 0 fully saturated rings. The van der Waals surface area contributed by atoms with Crippen molar-refractivity contribution in [2.45, 2.75) is 32.5 Å². The van der Waals surface area contributed by atoms with E-state index in [1.807, 2.05) is 0 Å². The van der Waals surface area contributed by atoms with Crippen LogP contribution < -0.4 is 0 Å². The first-order valence-corrected chi connectivity index (χ1v) is 5.21. The third kappa shape index (κ3) is 1.60. The number of hydrogen-bond donors (Lipinski definition) is 3. The van der Waals surface area contributed by atoms with Crippen molar-refractivity contribution in [2.75, 3.05) is 0 Å². The van der Waals surface area contributed by atoms with Crippen LogP contribution in [0.15, 0.2) is 6.07 Å². The van der Waals surface area contributed by atoms with Crippen LogP contribution in [0.3, 0.4) is 0 Å². The molecular formula is C12H14O4. The molecule has 86 valence electrons. The molecule has 3 N–H and O–H groups in total. The second kappa shape index (κ2) is 3.88. The van der Waals surface area contributed by atoms with E-state index in [0.717, 1.165) is 0 Å². The maximum absolute atomic E-state index is 11.7. The van der Waals surface area contributed by atoms with E-state index in [1.54, 1.807) is 13.0 Å². The smallest absolute Gasteiger partial charge is 0.169 e. The number of aliphatic hydroxyl groups is 2. The number of benzene rings is 1. The molecule has 0 amide bonds. The first-order valence-electron chi connectivity index (χ1n) is 5.21. The molecule has 0 saturated carbocycles. The molecule has 1 aliphatic carbocycles. The van der Waals surface area contributed by atoms with E-state index < -0.39 is 6.10 Å². The Morgan fingerprint density at radius 2 is 2.12 bits per heavy atom. The molecule has 0 aromatic heterocycles. The van der Waals surface area contributed by atoms with Crippen LogP contribution in [-0.4, -0.2) is 27.2 Å². The number of hydrogen-bond acceptors (Lipinski definition) is 4. The number of phenolic OH excluding ortho intramolecular Hbond substituents is 1. The van der Waals surface area contributed by atoms with Crippen LogP contribution in [0.5, 0.6) is 5.75 Å². The minimum atomic E-state index is -0.686. The molecule has 4 nitrogen and oxygen atoms in total. The summed E-state index contributed by atoms with van der Waals surface area (Å²) in [5.74, 6) is -0.294. The van der Waals surface area contributed by atoms with Gasteiger partial charge >= 0.3 is 0 Å². The molecular weight excluding hydrogens is 208 g/mol. The Balaban J connectivity index is 2.63. The lowest BCUT2D eigenvalue weighted by molar-refractivity contribution is 0.0849. The zero-order chi connectivity index (χ0) is 11.9. The third-order valence-corrected chi connectivity index (χ3v) is 3.07. The summed E-state index contributed by atoms with van der Waals surface area (Å²) in [4.78, 5) is 11.7. The monoisotopic (exact) mass is 222 g/mol. The van der Waals surface area contributed by atoms with Crippen LogP contribution in [0.1, 0.15) is 33.5 Å². The van der Waals surface area contributed by atoms with Crippen molar-refractivity contribution < 1.29 is 20.1 Å². The van der Waals surface area contributed by atoms with Crippen molar-refractivity contribution in [3.8, 4) is 5.75 Å². The van der Waals surface area contributed by atoms with Gasteiger partial charge in [0.05, 0.1) is 18.3 Å². The van der Waals surface area contributed by atoms with Crippen LogP contribution in [0.25, 0.3) is 0 Å². The van der Waals surface area contributed by atoms with Crippen molar-refractivity contribution in [2.24, 2.45) is 0 Å². The van der Waals surface area contributed by atoms with E-state index >= 15 is 0 Å². The second-order valence-electron chi connectivity index (χ2n) is 4.19. The van der Waals surface area contributed by atoms with Crippen LogP contribution in [0, 0.1) is 6.92 Å². The summed E-state index contributed by atoms with van der Waals surface area (Å²) in [7, 11) is 0. The highest BCUT2D eigenvalue weighted by molar-refractivity contribution is 6.01. The fourth-order valence-electron chi connectivity index (χ4n) is 2.16. The van der Waals surface area contributed by atoms with Gasteiger partial charge in [0.25, 0.3) is 0 Å². The molecule has 16 heavy (non-hydrogen) atoms. The zero-order valence-electron chi connectivity index (χ0n) is 9.03. The molecule has 4 heteroatoms. The second-order valence-corrected chi connectivity index (χ2v) is 4.19. The van der Waals surface area contributed by atoms with Crippen molar-refractivity contribution in [3.63, 3.8) is 0 Å². The van der Waals surface area contributed by atoms with Gasteiger partial charge in [-0.3, -0.25) is 4.79 Å². The zero-order valence-corrected chi connectivity index (χ0v) is 9.03. The van der Waals surface area contributed by atoms with E-state index in [1.165, 1.54) is 0 Å². The van der Waals surface area contributed by atoms with Gasteiger partial charge in [0.1, 0.15) is 5.75 Å². The van der Waals surface area contributed by atoms with E-state index in [-0.39, 0.29) is 24.6 Å². The highest BCUT2D eigenvalue weighted by Gasteiger charge is 2.28. The van der Waals surface area contributed by atoms with Crippen molar-refractivity contribution in [3.05, 3.63) is 28.3 Å². The van der Waals surface area contributed by atoms with Crippen LogP contribution >= 0.6 is 0 Å². The van der Waals surface area contributed by atoms with E-state index in [2.05, 4.69) is 0 Å². The molecule has 0 spiro atoms. The van der Waals surface area contributed by atoms with Gasteiger partial charge in [0.2, 0.25) is 0 Å². The first-order chi connectivity index (χ1) is 7.54. The summed E-state index contributed by atoms with van der Waals surface area (Å²) in [6.45, 7) is 1.48. The number of aromatic hydroxyl groups is 1. The third-order valence-electron chi connectivity index (χ3n) is 3.07. The maximum atomic E-state index is 11.7. The predicted octanol–water partition coefficient (Wildman–Crippen LogP) is 0.683. The van der Waals surface area contributed by atoms with Gasteiger partial charge in [-0.05, 0) is 30.0 Å². The molecule has 1 aromatic rings. The number of ketones is 1. The molecule has 0 heterocycles. The fourth-order valence-corrected chi connectivity index (χ4v) is 2.16. The first kappa shape index (κ1) is 11.1. The number of carbonyl (C=O) groups excluding carboxylic acids is 1. The van der Waals surface area contributed by atoms with E-state index in [4.69, 9.17) is 5.11 Å². The summed E-state index contributed by atoms with van der Waals surface area (Å²) in [5, 5.41) is 28.5. The average molecular weight is 222 g/mol. The van der Waals surface area contributed by atoms with Gasteiger partial charge in [-0.25, -0.2) is 0 Å². The van der Waals surface area contributed by atoms with Crippen molar-refractivity contribution in [1.29, 1.82) is 0 Å². The Hall–Kier alpha value is -1.39. The lowest BCUT2D eigenvalue weighted by Gasteiger charge is -2.22. The molecule has 0 radical (unpaired) electrons. The summed E-state index contributed by atoms with van der Waals surface area (Å²) in [6.07, 6.45) is -0.283. The van der Waals surface area contributed by atoms with Gasteiger partial charge in [0, 0.05) is 6.42 Å². The number of phenols is 1. The normalized spacial score (nSPS) is 19.7. The summed E-state index contributed by atoms with van der Waals surface area (Å²) in [5.41, 5.74) is 2.06. The summed E-state index contributed by atoms with van der Waals surface area (Å²) >= 11 is 0. The fraction of sp³-hybridized carbons (Fsp3) is 0.417. The van der Waals surface area contributed by atoms with Gasteiger partial charge < -0.3 is 15.3 Å². The number of fused-ring (bicyclic) bond motifs is 1. The van der Waals surface area contributed by atoms with Gasteiger partial charge in [-0.1, -0.05) is 6.07 Å². The molecule has 2 rings (SSSR count). The number of Topliss-reactive ketones (excluding diaryl/α,β-unsaturated/α-hetero) is 1. The van der Waals surface area contributed by atoms with Crippen LogP contribution in [0.4, 0.5) is 0 Å². The Kier molecular flexibility index (Phi) is 2.69. The summed E-state index contributed by atoms with van der Waals surface area (Å²) in [6, 6.07) is 1.69. The Morgan fingerprint density at radius 1 is 1.44 bits per heavy atom. The van der Waals surface area contributed by atoms with Gasteiger partial charge in [0.15, 0.2) is 5.78 Å². The molecule has 1 atom stereocenters. The Labute approximate surface area is 93.2 Å².